The van der Waals surface area contributed by atoms with Gasteiger partial charge in [-0.1, -0.05) is 64.0 Å². The van der Waals surface area contributed by atoms with Crippen molar-refractivity contribution in [3.05, 3.63) is 94.2 Å². The lowest BCUT2D eigenvalue weighted by molar-refractivity contribution is 0.588. The molecule has 0 bridgehead atoms. The lowest BCUT2D eigenvalue weighted by atomic mass is 10.1. The quantitative estimate of drug-likeness (QED) is 0.409. The van der Waals surface area contributed by atoms with Crippen LogP contribution in [-0.4, -0.2) is 17.4 Å². The molecule has 6 heteroatoms. The van der Waals surface area contributed by atoms with Crippen LogP contribution in [0.25, 0.3) is 23.2 Å². The highest BCUT2D eigenvalue weighted by Crippen LogP contribution is 2.25. The van der Waals surface area contributed by atoms with Gasteiger partial charge in [0.25, 0.3) is 10.0 Å². The molecule has 1 heterocycles. The van der Waals surface area contributed by atoms with Gasteiger partial charge in [0.2, 0.25) is 0 Å². The normalized spacial score (nSPS) is 12.1. The molecular formula is C22H17BrN2O2S. The molecule has 140 valence electrons. The third-order valence-corrected chi connectivity index (χ3v) is 6.66. The van der Waals surface area contributed by atoms with Gasteiger partial charge in [0, 0.05) is 4.47 Å². The average molecular weight is 453 g/mol. The molecule has 0 saturated heterocycles. The van der Waals surface area contributed by atoms with Gasteiger partial charge in [0.05, 0.1) is 15.9 Å². The first-order valence-electron chi connectivity index (χ1n) is 8.68. The Balaban J connectivity index is 1.88. The first-order chi connectivity index (χ1) is 13.4. The zero-order valence-electron chi connectivity index (χ0n) is 15.1. The molecule has 0 aliphatic heterocycles. The van der Waals surface area contributed by atoms with Crippen molar-refractivity contribution in [2.75, 3.05) is 0 Å². The number of para-hydroxylation sites is 2. The summed E-state index contributed by atoms with van der Waals surface area (Å²) in [5, 5.41) is 0. The van der Waals surface area contributed by atoms with Crippen molar-refractivity contribution in [3.8, 4) is 0 Å². The molecule has 0 amide bonds. The van der Waals surface area contributed by atoms with E-state index in [0.29, 0.717) is 16.9 Å². The average Bonchev–Trinajstić information content (AvgIpc) is 3.07. The van der Waals surface area contributed by atoms with Crippen molar-refractivity contribution in [1.82, 2.24) is 8.96 Å². The largest absolute Gasteiger partial charge is 0.269 e. The first kappa shape index (κ1) is 18.7. The number of hydrogen-bond donors (Lipinski definition) is 0. The van der Waals surface area contributed by atoms with Crippen molar-refractivity contribution in [1.29, 1.82) is 0 Å². The van der Waals surface area contributed by atoms with Gasteiger partial charge in [-0.2, -0.15) is 0 Å². The summed E-state index contributed by atoms with van der Waals surface area (Å²) in [5.74, 6) is 0.365. The predicted octanol–water partition coefficient (Wildman–Crippen LogP) is 5.51. The zero-order valence-corrected chi connectivity index (χ0v) is 17.5. The smallest absolute Gasteiger partial charge is 0.228 e. The minimum atomic E-state index is -3.80. The molecule has 0 fully saturated rings. The molecule has 3 aromatic carbocycles. The Kier molecular flexibility index (Phi) is 4.91. The van der Waals surface area contributed by atoms with Crippen molar-refractivity contribution >= 4 is 49.1 Å². The van der Waals surface area contributed by atoms with E-state index in [-0.39, 0.29) is 4.90 Å². The first-order valence-corrected chi connectivity index (χ1v) is 10.9. The maximum Gasteiger partial charge on any atom is 0.269 e. The van der Waals surface area contributed by atoms with Gasteiger partial charge in [0.1, 0.15) is 5.82 Å². The van der Waals surface area contributed by atoms with Gasteiger partial charge in [-0.3, -0.25) is 0 Å². The number of aryl methyl sites for hydroxylation is 1. The highest BCUT2D eigenvalue weighted by molar-refractivity contribution is 9.10. The summed E-state index contributed by atoms with van der Waals surface area (Å²) in [6.07, 6.45) is 3.61. The molecule has 0 aliphatic rings. The Hall–Kier alpha value is -2.70. The number of aromatic nitrogens is 2. The summed E-state index contributed by atoms with van der Waals surface area (Å²) < 4.78 is 28.9. The number of halogens is 1. The van der Waals surface area contributed by atoms with Crippen LogP contribution in [0.5, 0.6) is 0 Å². The molecule has 0 saturated carbocycles. The number of hydrogen-bond acceptors (Lipinski definition) is 3. The third-order valence-electron chi connectivity index (χ3n) is 4.40. The minimum absolute atomic E-state index is 0.212. The monoisotopic (exact) mass is 452 g/mol. The topological polar surface area (TPSA) is 52.0 Å². The van der Waals surface area contributed by atoms with Crippen LogP contribution in [0.15, 0.2) is 82.2 Å². The number of fused-ring (bicyclic) bond motifs is 1. The number of imidazole rings is 1. The lowest BCUT2D eigenvalue weighted by Crippen LogP contribution is -2.14. The van der Waals surface area contributed by atoms with E-state index in [1.165, 1.54) is 9.54 Å². The molecule has 0 atom stereocenters. The molecule has 1 aromatic heterocycles. The zero-order chi connectivity index (χ0) is 19.7. The van der Waals surface area contributed by atoms with Crippen LogP contribution in [0.1, 0.15) is 17.0 Å². The summed E-state index contributed by atoms with van der Waals surface area (Å²) in [4.78, 5) is 4.75. The molecule has 4 aromatic rings. The molecule has 0 unspecified atom stereocenters. The van der Waals surface area contributed by atoms with E-state index < -0.39 is 10.0 Å². The Morgan fingerprint density at radius 2 is 1.57 bits per heavy atom. The fourth-order valence-electron chi connectivity index (χ4n) is 2.94. The van der Waals surface area contributed by atoms with Crippen LogP contribution in [0.3, 0.4) is 0 Å². The maximum absolute atomic E-state index is 13.4. The second-order valence-electron chi connectivity index (χ2n) is 6.43. The Morgan fingerprint density at radius 3 is 2.29 bits per heavy atom. The third kappa shape index (κ3) is 3.53. The summed E-state index contributed by atoms with van der Waals surface area (Å²) in [7, 11) is -3.80. The maximum atomic E-state index is 13.4. The van der Waals surface area contributed by atoms with E-state index in [0.717, 1.165) is 10.0 Å². The number of nitrogens with zero attached hydrogens (tertiary/aromatic N) is 2. The van der Waals surface area contributed by atoms with Crippen LogP contribution >= 0.6 is 15.9 Å². The molecular weight excluding hydrogens is 436 g/mol. The van der Waals surface area contributed by atoms with Gasteiger partial charge in [-0.15, -0.1) is 0 Å². The van der Waals surface area contributed by atoms with Crippen molar-refractivity contribution in [3.63, 3.8) is 0 Å². The summed E-state index contributed by atoms with van der Waals surface area (Å²) in [6, 6.07) is 21.8. The van der Waals surface area contributed by atoms with E-state index in [9.17, 15) is 8.42 Å². The van der Waals surface area contributed by atoms with Gasteiger partial charge in [-0.05, 0) is 55.0 Å². The molecule has 28 heavy (non-hydrogen) atoms. The van der Waals surface area contributed by atoms with Crippen LogP contribution in [0.4, 0.5) is 0 Å². The Bertz CT molecular complexity index is 1270. The van der Waals surface area contributed by atoms with Crippen molar-refractivity contribution in [2.24, 2.45) is 0 Å². The molecule has 4 rings (SSSR count). The fraction of sp³-hybridized carbons (Fsp3) is 0.0455. The van der Waals surface area contributed by atoms with Gasteiger partial charge >= 0.3 is 0 Å². The van der Waals surface area contributed by atoms with Crippen LogP contribution in [0, 0.1) is 6.92 Å². The van der Waals surface area contributed by atoms with Gasteiger partial charge in [-0.25, -0.2) is 17.4 Å². The minimum Gasteiger partial charge on any atom is -0.228 e. The second-order valence-corrected chi connectivity index (χ2v) is 9.13. The highest BCUT2D eigenvalue weighted by atomic mass is 79.9. The molecule has 0 N–H and O–H groups in total. The van der Waals surface area contributed by atoms with Crippen LogP contribution in [0.2, 0.25) is 0 Å². The molecule has 4 nitrogen and oxygen atoms in total. The summed E-state index contributed by atoms with van der Waals surface area (Å²) in [5.41, 5.74) is 3.33. The van der Waals surface area contributed by atoms with Crippen LogP contribution < -0.4 is 0 Å². The standard InChI is InChI=1S/C22H17BrN2O2S/c1-16-6-8-17(9-7-16)10-15-22-24-20-4-2-3-5-21(20)25(22)28(26,27)19-13-11-18(23)12-14-19/h2-15H,1H3/b15-10+. The lowest BCUT2D eigenvalue weighted by Gasteiger charge is -2.09. The van der Waals surface area contributed by atoms with Gasteiger partial charge in [0.15, 0.2) is 0 Å². The van der Waals surface area contributed by atoms with E-state index in [2.05, 4.69) is 20.9 Å². The van der Waals surface area contributed by atoms with E-state index in [1.54, 1.807) is 36.4 Å². The summed E-state index contributed by atoms with van der Waals surface area (Å²) in [6.45, 7) is 2.03. The fourth-order valence-corrected chi connectivity index (χ4v) is 4.66. The second kappa shape index (κ2) is 7.37. The highest BCUT2D eigenvalue weighted by Gasteiger charge is 2.23. The van der Waals surface area contributed by atoms with Crippen molar-refractivity contribution in [2.45, 2.75) is 11.8 Å². The van der Waals surface area contributed by atoms with E-state index in [1.807, 2.05) is 55.5 Å². The molecule has 0 spiro atoms. The Morgan fingerprint density at radius 1 is 0.893 bits per heavy atom. The van der Waals surface area contributed by atoms with Crippen LogP contribution in [-0.2, 0) is 10.0 Å². The molecule has 0 aliphatic carbocycles. The van der Waals surface area contributed by atoms with Crippen molar-refractivity contribution < 1.29 is 8.42 Å². The van der Waals surface area contributed by atoms with E-state index in [4.69, 9.17) is 0 Å². The number of benzene rings is 3. The van der Waals surface area contributed by atoms with E-state index >= 15 is 0 Å². The Labute approximate surface area is 172 Å². The SMILES string of the molecule is Cc1ccc(/C=C/c2nc3ccccc3n2S(=O)(=O)c2ccc(Br)cc2)cc1. The number of rotatable bonds is 4. The van der Waals surface area contributed by atoms with Gasteiger partial charge < -0.3 is 0 Å². The molecule has 0 radical (unpaired) electrons. The predicted molar refractivity (Wildman–Crippen MR) is 117 cm³/mol. The summed E-state index contributed by atoms with van der Waals surface area (Å²) >= 11 is 3.35.